The van der Waals surface area contributed by atoms with Crippen LogP contribution in [0.3, 0.4) is 0 Å². The Balaban J connectivity index is 1.99. The van der Waals surface area contributed by atoms with Gasteiger partial charge in [0.25, 0.3) is 0 Å². The van der Waals surface area contributed by atoms with Gasteiger partial charge in [-0.1, -0.05) is 18.2 Å². The molecule has 4 nitrogen and oxygen atoms in total. The van der Waals surface area contributed by atoms with Crippen molar-refractivity contribution >= 4 is 17.7 Å². The van der Waals surface area contributed by atoms with E-state index < -0.39 is 5.97 Å². The van der Waals surface area contributed by atoms with Gasteiger partial charge in [-0.15, -0.1) is 11.8 Å². The van der Waals surface area contributed by atoms with Crippen LogP contribution in [0.1, 0.15) is 5.69 Å². The van der Waals surface area contributed by atoms with Gasteiger partial charge < -0.3 is 5.11 Å². The molecule has 5 heteroatoms. The van der Waals surface area contributed by atoms with Crippen LogP contribution in [0.4, 0.5) is 0 Å². The molecule has 0 fully saturated rings. The first-order valence-electron chi connectivity index (χ1n) is 5.15. The average Bonchev–Trinajstić information content (AvgIpc) is 2.78. The first-order chi connectivity index (χ1) is 8.25. The number of thioether (sulfide) groups is 1. The summed E-state index contributed by atoms with van der Waals surface area (Å²) in [6.45, 7) is 0. The number of carboxylic acid groups (broad SMARTS) is 1. The van der Waals surface area contributed by atoms with Crippen LogP contribution in [0, 0.1) is 0 Å². The molecule has 0 bridgehead atoms. The van der Waals surface area contributed by atoms with E-state index in [0.717, 1.165) is 11.4 Å². The highest BCUT2D eigenvalue weighted by molar-refractivity contribution is 7.99. The van der Waals surface area contributed by atoms with E-state index in [4.69, 9.17) is 5.11 Å². The number of carboxylic acids is 1. The second-order valence-corrected chi connectivity index (χ2v) is 4.46. The van der Waals surface area contributed by atoms with Crippen LogP contribution in [0.25, 0.3) is 5.69 Å². The summed E-state index contributed by atoms with van der Waals surface area (Å²) >= 11 is 1.35. The average molecular weight is 248 g/mol. The Kier molecular flexibility index (Phi) is 3.82. The monoisotopic (exact) mass is 248 g/mol. The molecule has 0 amide bonds. The predicted molar refractivity (Wildman–Crippen MR) is 67.4 cm³/mol. The smallest absolute Gasteiger partial charge is 0.313 e. The van der Waals surface area contributed by atoms with Gasteiger partial charge in [0.05, 0.1) is 17.1 Å². The second-order valence-electron chi connectivity index (χ2n) is 3.47. The third kappa shape index (κ3) is 3.35. The highest BCUT2D eigenvalue weighted by Crippen LogP contribution is 2.12. The zero-order chi connectivity index (χ0) is 12.1. The number of hydrogen-bond donors (Lipinski definition) is 1. The Morgan fingerprint density at radius 1 is 1.29 bits per heavy atom. The summed E-state index contributed by atoms with van der Waals surface area (Å²) in [5, 5.41) is 12.9. The van der Waals surface area contributed by atoms with Crippen molar-refractivity contribution in [3.63, 3.8) is 0 Å². The summed E-state index contributed by atoms with van der Waals surface area (Å²) in [5.41, 5.74) is 1.89. The number of nitrogens with zero attached hydrogens (tertiary/aromatic N) is 2. The van der Waals surface area contributed by atoms with E-state index in [-0.39, 0.29) is 5.75 Å². The van der Waals surface area contributed by atoms with E-state index in [1.54, 1.807) is 4.68 Å². The molecule has 2 rings (SSSR count). The van der Waals surface area contributed by atoms with Crippen LogP contribution in [-0.4, -0.2) is 26.6 Å². The van der Waals surface area contributed by atoms with E-state index in [1.807, 2.05) is 42.6 Å². The molecular weight excluding hydrogens is 236 g/mol. The molecule has 17 heavy (non-hydrogen) atoms. The Bertz CT molecular complexity index is 496. The van der Waals surface area contributed by atoms with E-state index in [1.165, 1.54) is 11.8 Å². The van der Waals surface area contributed by atoms with Crippen molar-refractivity contribution in [3.8, 4) is 5.69 Å². The van der Waals surface area contributed by atoms with Gasteiger partial charge in [0.1, 0.15) is 0 Å². The van der Waals surface area contributed by atoms with Crippen molar-refractivity contribution < 1.29 is 9.90 Å². The number of para-hydroxylation sites is 1. The molecule has 1 N–H and O–H groups in total. The van der Waals surface area contributed by atoms with Crippen LogP contribution in [0.15, 0.2) is 42.6 Å². The Morgan fingerprint density at radius 3 is 2.76 bits per heavy atom. The van der Waals surface area contributed by atoms with Crippen molar-refractivity contribution in [2.45, 2.75) is 5.75 Å². The number of aliphatic carboxylic acids is 1. The van der Waals surface area contributed by atoms with E-state index in [2.05, 4.69) is 5.10 Å². The molecule has 1 aromatic carbocycles. The quantitative estimate of drug-likeness (QED) is 0.881. The molecule has 0 aliphatic carbocycles. The minimum Gasteiger partial charge on any atom is -0.481 e. The van der Waals surface area contributed by atoms with Crippen molar-refractivity contribution in [1.82, 2.24) is 9.78 Å². The van der Waals surface area contributed by atoms with Gasteiger partial charge in [0, 0.05) is 11.9 Å². The number of aromatic nitrogens is 2. The van der Waals surface area contributed by atoms with Gasteiger partial charge in [-0.3, -0.25) is 4.79 Å². The topological polar surface area (TPSA) is 55.1 Å². The lowest BCUT2D eigenvalue weighted by molar-refractivity contribution is -0.133. The summed E-state index contributed by atoms with van der Waals surface area (Å²) in [6.07, 6.45) is 1.88. The fourth-order valence-corrected chi connectivity index (χ4v) is 2.05. The summed E-state index contributed by atoms with van der Waals surface area (Å²) in [7, 11) is 0. The predicted octanol–water partition coefficient (Wildman–Crippen LogP) is 2.19. The molecule has 88 valence electrons. The fourth-order valence-electron chi connectivity index (χ4n) is 1.41. The summed E-state index contributed by atoms with van der Waals surface area (Å²) in [5.74, 6) is -0.0675. The Morgan fingerprint density at radius 2 is 2.06 bits per heavy atom. The summed E-state index contributed by atoms with van der Waals surface area (Å²) in [6, 6.07) is 11.7. The summed E-state index contributed by atoms with van der Waals surface area (Å²) < 4.78 is 1.79. The van der Waals surface area contributed by atoms with Crippen LogP contribution < -0.4 is 0 Å². The largest absolute Gasteiger partial charge is 0.481 e. The van der Waals surface area contributed by atoms with Crippen molar-refractivity contribution in [2.75, 3.05) is 5.75 Å². The lowest BCUT2D eigenvalue weighted by atomic mass is 10.3. The summed E-state index contributed by atoms with van der Waals surface area (Å²) in [4.78, 5) is 10.4. The number of rotatable bonds is 5. The highest BCUT2D eigenvalue weighted by atomic mass is 32.2. The lowest BCUT2D eigenvalue weighted by Crippen LogP contribution is -1.99. The van der Waals surface area contributed by atoms with Crippen LogP contribution in [0.5, 0.6) is 0 Å². The molecular formula is C12H12N2O2S. The number of carbonyl (C=O) groups is 1. The third-order valence-corrected chi connectivity index (χ3v) is 3.09. The van der Waals surface area contributed by atoms with Gasteiger partial charge in [-0.25, -0.2) is 4.68 Å². The molecule has 0 aliphatic rings. The highest BCUT2D eigenvalue weighted by Gasteiger charge is 2.02. The molecule has 0 atom stereocenters. The van der Waals surface area contributed by atoms with Gasteiger partial charge in [-0.2, -0.15) is 5.10 Å². The molecule has 1 heterocycles. The minimum atomic E-state index is -0.794. The molecule has 0 saturated carbocycles. The first-order valence-corrected chi connectivity index (χ1v) is 6.30. The van der Waals surface area contributed by atoms with Crippen LogP contribution in [0.2, 0.25) is 0 Å². The molecule has 0 aliphatic heterocycles. The zero-order valence-electron chi connectivity index (χ0n) is 9.11. The normalized spacial score (nSPS) is 10.4. The van der Waals surface area contributed by atoms with Crippen LogP contribution in [-0.2, 0) is 10.5 Å². The fraction of sp³-hybridized carbons (Fsp3) is 0.167. The van der Waals surface area contributed by atoms with E-state index >= 15 is 0 Å². The molecule has 1 aromatic heterocycles. The molecule has 0 radical (unpaired) electrons. The van der Waals surface area contributed by atoms with Crippen LogP contribution >= 0.6 is 11.8 Å². The van der Waals surface area contributed by atoms with Crippen molar-refractivity contribution in [2.24, 2.45) is 0 Å². The SMILES string of the molecule is O=C(O)CSCc1ccn(-c2ccccc2)n1. The first kappa shape index (κ1) is 11.7. The Hall–Kier alpha value is -1.75. The maximum Gasteiger partial charge on any atom is 0.313 e. The molecule has 0 unspecified atom stereocenters. The Labute approximate surface area is 103 Å². The number of benzene rings is 1. The van der Waals surface area contributed by atoms with E-state index in [9.17, 15) is 4.79 Å². The minimum absolute atomic E-state index is 0.109. The van der Waals surface area contributed by atoms with Crippen molar-refractivity contribution in [1.29, 1.82) is 0 Å². The van der Waals surface area contributed by atoms with Gasteiger partial charge >= 0.3 is 5.97 Å². The molecule has 0 saturated heterocycles. The zero-order valence-corrected chi connectivity index (χ0v) is 9.93. The van der Waals surface area contributed by atoms with Gasteiger partial charge in [0.2, 0.25) is 0 Å². The van der Waals surface area contributed by atoms with E-state index in [0.29, 0.717) is 5.75 Å². The maximum absolute atomic E-state index is 10.4. The third-order valence-electron chi connectivity index (χ3n) is 2.14. The maximum atomic E-state index is 10.4. The standard InChI is InChI=1S/C12H12N2O2S/c15-12(16)9-17-8-10-6-7-14(13-10)11-4-2-1-3-5-11/h1-7H,8-9H2,(H,15,16). The molecule has 2 aromatic rings. The van der Waals surface area contributed by atoms with Crippen molar-refractivity contribution in [3.05, 3.63) is 48.3 Å². The van der Waals surface area contributed by atoms with Gasteiger partial charge in [0.15, 0.2) is 0 Å². The van der Waals surface area contributed by atoms with Gasteiger partial charge in [-0.05, 0) is 18.2 Å². The number of hydrogen-bond acceptors (Lipinski definition) is 3. The second kappa shape index (κ2) is 5.54. The molecule has 0 spiro atoms. The lowest BCUT2D eigenvalue weighted by Gasteiger charge is -1.99.